The van der Waals surface area contributed by atoms with Gasteiger partial charge < -0.3 is 14.9 Å². The minimum atomic E-state index is -0.784. The van der Waals surface area contributed by atoms with E-state index in [-0.39, 0.29) is 12.3 Å². The fourth-order valence-electron chi connectivity index (χ4n) is 5.16. The van der Waals surface area contributed by atoms with Gasteiger partial charge in [0.2, 0.25) is 0 Å². The maximum absolute atomic E-state index is 13.4. The summed E-state index contributed by atoms with van der Waals surface area (Å²) in [5.41, 5.74) is 5.96. The molecule has 0 atom stereocenters. The van der Waals surface area contributed by atoms with Crippen LogP contribution in [-0.2, 0) is 11.2 Å². The van der Waals surface area contributed by atoms with Gasteiger partial charge in [0.05, 0.1) is 22.5 Å². The molecule has 1 aromatic heterocycles. The van der Waals surface area contributed by atoms with Crippen LogP contribution in [0.25, 0.3) is 22.2 Å². The number of aryl methyl sites for hydroxylation is 1. The monoisotopic (exact) mass is 518 g/mol. The predicted molar refractivity (Wildman–Crippen MR) is 152 cm³/mol. The minimum absolute atomic E-state index is 0.0136. The Bertz CT molecular complexity index is 1540. The van der Waals surface area contributed by atoms with Gasteiger partial charge in [0, 0.05) is 49.1 Å². The van der Waals surface area contributed by atoms with Crippen molar-refractivity contribution in [3.05, 3.63) is 95.6 Å². The normalized spacial score (nSPS) is 13.3. The largest absolute Gasteiger partial charge is 0.481 e. The van der Waals surface area contributed by atoms with Crippen molar-refractivity contribution in [2.45, 2.75) is 25.7 Å². The van der Waals surface area contributed by atoms with E-state index in [0.717, 1.165) is 39.8 Å². The number of carboxylic acid groups (broad SMARTS) is 1. The number of fused-ring (bicyclic) bond motifs is 1. The summed E-state index contributed by atoms with van der Waals surface area (Å²) in [6, 6.07) is 27.6. The van der Waals surface area contributed by atoms with Crippen LogP contribution in [0, 0.1) is 11.3 Å². The molecule has 0 aliphatic carbocycles. The lowest BCUT2D eigenvalue weighted by Crippen LogP contribution is -2.49. The molecule has 1 aliphatic heterocycles. The summed E-state index contributed by atoms with van der Waals surface area (Å²) in [5, 5.41) is 19.3. The number of amides is 1. The average molecular weight is 519 g/mol. The first-order chi connectivity index (χ1) is 19.0. The number of aromatic nitrogens is 1. The average Bonchev–Trinajstić information content (AvgIpc) is 2.98. The summed E-state index contributed by atoms with van der Waals surface area (Å²) in [5.74, 6) is -0.798. The van der Waals surface area contributed by atoms with Crippen molar-refractivity contribution in [3.63, 3.8) is 0 Å². The van der Waals surface area contributed by atoms with Crippen molar-refractivity contribution in [3.8, 4) is 17.3 Å². The molecule has 1 saturated heterocycles. The third-order valence-corrected chi connectivity index (χ3v) is 7.21. The number of carbonyl (C=O) groups excluding carboxylic acids is 1. The van der Waals surface area contributed by atoms with Gasteiger partial charge in [0.25, 0.3) is 5.91 Å². The number of para-hydroxylation sites is 1. The number of carboxylic acids is 1. The number of piperazine rings is 1. The Kier molecular flexibility index (Phi) is 7.83. The topological polar surface area (TPSA) is 97.5 Å². The lowest BCUT2D eigenvalue weighted by Gasteiger charge is -2.36. The molecule has 196 valence electrons. The predicted octanol–water partition coefficient (Wildman–Crippen LogP) is 5.53. The highest BCUT2D eigenvalue weighted by molar-refractivity contribution is 5.98. The second-order valence-corrected chi connectivity index (χ2v) is 9.78. The van der Waals surface area contributed by atoms with E-state index in [4.69, 9.17) is 10.1 Å². The molecule has 5 rings (SSSR count). The van der Waals surface area contributed by atoms with Crippen LogP contribution in [0.5, 0.6) is 0 Å². The quantitative estimate of drug-likeness (QED) is 0.308. The third-order valence-electron chi connectivity index (χ3n) is 7.21. The van der Waals surface area contributed by atoms with Crippen LogP contribution in [0.1, 0.15) is 40.7 Å². The van der Waals surface area contributed by atoms with Crippen LogP contribution in [0.4, 0.5) is 5.69 Å². The Morgan fingerprint density at radius 1 is 0.897 bits per heavy atom. The summed E-state index contributed by atoms with van der Waals surface area (Å²) in [6.07, 6.45) is 2.21. The molecule has 0 saturated carbocycles. The molecule has 3 aromatic carbocycles. The number of benzene rings is 3. The zero-order valence-corrected chi connectivity index (χ0v) is 21.7. The minimum Gasteiger partial charge on any atom is -0.481 e. The van der Waals surface area contributed by atoms with Crippen LogP contribution < -0.4 is 4.90 Å². The fraction of sp³-hybridized carbons (Fsp3) is 0.250. The first kappa shape index (κ1) is 25.9. The number of pyridine rings is 1. The van der Waals surface area contributed by atoms with Crippen molar-refractivity contribution in [1.82, 2.24) is 9.88 Å². The Morgan fingerprint density at radius 2 is 1.64 bits per heavy atom. The maximum atomic E-state index is 13.4. The molecule has 1 fully saturated rings. The summed E-state index contributed by atoms with van der Waals surface area (Å²) in [4.78, 5) is 33.4. The molecular weight excluding hydrogens is 488 g/mol. The van der Waals surface area contributed by atoms with Gasteiger partial charge in [-0.15, -0.1) is 0 Å². The highest BCUT2D eigenvalue weighted by atomic mass is 16.4. The van der Waals surface area contributed by atoms with Gasteiger partial charge in [0.1, 0.15) is 6.07 Å². The lowest BCUT2D eigenvalue weighted by molar-refractivity contribution is -0.137. The zero-order valence-electron chi connectivity index (χ0n) is 21.7. The highest BCUT2D eigenvalue weighted by Gasteiger charge is 2.24. The van der Waals surface area contributed by atoms with Crippen molar-refractivity contribution in [1.29, 1.82) is 5.26 Å². The smallest absolute Gasteiger partial charge is 0.303 e. The number of hydrogen-bond donors (Lipinski definition) is 1. The number of nitrogens with zero attached hydrogens (tertiary/aromatic N) is 4. The summed E-state index contributed by atoms with van der Waals surface area (Å²) < 4.78 is 0. The SMILES string of the molecule is N#Cc1ccccc1N1CCN(C(=O)c2ccc3nc(-c4ccccc4)c(CCCCC(=O)O)cc3c2)CC1. The maximum Gasteiger partial charge on any atom is 0.303 e. The van der Waals surface area contributed by atoms with E-state index in [2.05, 4.69) is 17.0 Å². The molecule has 2 heterocycles. The van der Waals surface area contributed by atoms with Gasteiger partial charge in [-0.2, -0.15) is 5.26 Å². The molecule has 0 radical (unpaired) electrons. The van der Waals surface area contributed by atoms with Crippen LogP contribution >= 0.6 is 0 Å². The summed E-state index contributed by atoms with van der Waals surface area (Å²) in [6.45, 7) is 2.49. The van der Waals surface area contributed by atoms with E-state index in [0.29, 0.717) is 50.1 Å². The molecule has 4 aromatic rings. The van der Waals surface area contributed by atoms with Crippen molar-refractivity contribution in [2.24, 2.45) is 0 Å². The van der Waals surface area contributed by atoms with E-state index in [1.807, 2.05) is 77.7 Å². The molecule has 0 unspecified atom stereocenters. The van der Waals surface area contributed by atoms with E-state index in [1.165, 1.54) is 0 Å². The number of hydrogen-bond acceptors (Lipinski definition) is 5. The molecule has 1 aliphatic rings. The molecule has 7 heteroatoms. The van der Waals surface area contributed by atoms with Crippen LogP contribution in [0.15, 0.2) is 78.9 Å². The number of rotatable bonds is 8. The Morgan fingerprint density at radius 3 is 2.38 bits per heavy atom. The number of anilines is 1. The number of carbonyl (C=O) groups is 2. The van der Waals surface area contributed by atoms with Gasteiger partial charge in [-0.1, -0.05) is 42.5 Å². The first-order valence-corrected chi connectivity index (χ1v) is 13.3. The van der Waals surface area contributed by atoms with Gasteiger partial charge in [-0.25, -0.2) is 4.98 Å². The first-order valence-electron chi connectivity index (χ1n) is 13.3. The van der Waals surface area contributed by atoms with Gasteiger partial charge in [-0.05, 0) is 61.2 Å². The van der Waals surface area contributed by atoms with Crippen LogP contribution in [0.2, 0.25) is 0 Å². The Balaban J connectivity index is 1.36. The molecule has 0 bridgehead atoms. The van der Waals surface area contributed by atoms with Crippen LogP contribution in [0.3, 0.4) is 0 Å². The molecule has 7 nitrogen and oxygen atoms in total. The van der Waals surface area contributed by atoms with Crippen LogP contribution in [-0.4, -0.2) is 53.0 Å². The van der Waals surface area contributed by atoms with E-state index >= 15 is 0 Å². The van der Waals surface area contributed by atoms with Gasteiger partial charge in [-0.3, -0.25) is 9.59 Å². The third kappa shape index (κ3) is 5.91. The van der Waals surface area contributed by atoms with Crippen molar-refractivity contribution >= 4 is 28.5 Å². The lowest BCUT2D eigenvalue weighted by atomic mass is 9.98. The Labute approximate surface area is 227 Å². The highest BCUT2D eigenvalue weighted by Crippen LogP contribution is 2.28. The van der Waals surface area contributed by atoms with E-state index in [9.17, 15) is 14.9 Å². The van der Waals surface area contributed by atoms with Gasteiger partial charge >= 0.3 is 5.97 Å². The van der Waals surface area contributed by atoms with E-state index in [1.54, 1.807) is 0 Å². The van der Waals surface area contributed by atoms with E-state index < -0.39 is 5.97 Å². The van der Waals surface area contributed by atoms with Crippen molar-refractivity contribution < 1.29 is 14.7 Å². The number of aliphatic carboxylic acids is 1. The number of unbranched alkanes of at least 4 members (excludes halogenated alkanes) is 1. The zero-order chi connectivity index (χ0) is 27.2. The molecule has 1 amide bonds. The second-order valence-electron chi connectivity index (χ2n) is 9.78. The summed E-state index contributed by atoms with van der Waals surface area (Å²) in [7, 11) is 0. The molecule has 39 heavy (non-hydrogen) atoms. The summed E-state index contributed by atoms with van der Waals surface area (Å²) >= 11 is 0. The van der Waals surface area contributed by atoms with Gasteiger partial charge in [0.15, 0.2) is 0 Å². The standard InChI is InChI=1S/C32H30N4O3/c33-22-26-11-4-6-12-29(26)35-16-18-36(19-17-35)32(39)25-14-15-28-27(21-25)20-24(10-5-7-13-30(37)38)31(34-28)23-8-2-1-3-9-23/h1-4,6,8-9,11-12,14-15,20-21H,5,7,10,13,16-19H2,(H,37,38). The molecule has 0 spiro atoms. The second kappa shape index (κ2) is 11.8. The fourth-order valence-corrected chi connectivity index (χ4v) is 5.16. The molecular formula is C32H30N4O3. The number of nitriles is 1. The Hall–Kier alpha value is -4.70. The van der Waals surface area contributed by atoms with Crippen molar-refractivity contribution in [2.75, 3.05) is 31.1 Å². The molecule has 1 N–H and O–H groups in total.